The molecule has 86 valence electrons. The average Bonchev–Trinajstić information content (AvgIpc) is 2.18. The molecule has 0 saturated carbocycles. The van der Waals surface area contributed by atoms with Crippen molar-refractivity contribution >= 4 is 5.97 Å². The van der Waals surface area contributed by atoms with Crippen molar-refractivity contribution in [3.05, 3.63) is 35.1 Å². The topological polar surface area (TPSA) is 40.5 Å². The van der Waals surface area contributed by atoms with E-state index in [2.05, 4.69) is 0 Å². The van der Waals surface area contributed by atoms with Gasteiger partial charge in [-0.05, 0) is 12.1 Å². The van der Waals surface area contributed by atoms with Gasteiger partial charge in [0.2, 0.25) is 0 Å². The van der Waals surface area contributed by atoms with Gasteiger partial charge in [0.1, 0.15) is 12.0 Å². The van der Waals surface area contributed by atoms with Crippen molar-refractivity contribution in [1.82, 2.24) is 4.90 Å². The highest BCUT2D eigenvalue weighted by Gasteiger charge is 2.26. The third kappa shape index (κ3) is 2.19. The van der Waals surface area contributed by atoms with Gasteiger partial charge >= 0.3 is 5.97 Å². The minimum absolute atomic E-state index is 0.0757. The molecule has 1 aromatic carbocycles. The van der Waals surface area contributed by atoms with E-state index in [4.69, 9.17) is 5.11 Å². The number of rotatable bonds is 3. The lowest BCUT2D eigenvalue weighted by atomic mass is 10.1. The third-order valence-electron chi connectivity index (χ3n) is 2.61. The zero-order valence-corrected chi connectivity index (χ0v) is 8.49. The molecule has 0 aromatic heterocycles. The molecule has 1 N–H and O–H groups in total. The Hall–Kier alpha value is -1.49. The van der Waals surface area contributed by atoms with Crippen LogP contribution in [0.15, 0.2) is 18.2 Å². The average molecular weight is 227 g/mol. The Labute approximate surface area is 91.3 Å². The second kappa shape index (κ2) is 4.17. The lowest BCUT2D eigenvalue weighted by Crippen LogP contribution is -2.47. The molecule has 2 rings (SSSR count). The first-order valence-electron chi connectivity index (χ1n) is 4.94. The quantitative estimate of drug-likeness (QED) is 0.854. The van der Waals surface area contributed by atoms with Gasteiger partial charge < -0.3 is 5.11 Å². The number of benzene rings is 1. The van der Waals surface area contributed by atoms with Crippen LogP contribution in [0.5, 0.6) is 0 Å². The zero-order chi connectivity index (χ0) is 11.7. The summed E-state index contributed by atoms with van der Waals surface area (Å²) in [4.78, 5) is 12.3. The van der Waals surface area contributed by atoms with Crippen molar-refractivity contribution in [2.75, 3.05) is 13.1 Å². The van der Waals surface area contributed by atoms with Crippen LogP contribution in [0.4, 0.5) is 8.78 Å². The second-order valence-corrected chi connectivity index (χ2v) is 3.90. The number of nitrogens with zero attached hydrogens (tertiary/aromatic N) is 1. The van der Waals surface area contributed by atoms with E-state index in [1.807, 2.05) is 0 Å². The molecule has 1 fully saturated rings. The number of aromatic carboxylic acids is 1. The van der Waals surface area contributed by atoms with Gasteiger partial charge in [-0.25, -0.2) is 13.6 Å². The SMILES string of the molecule is O=C(O)c1ccc(CN2CC(F)C2)c(F)c1. The van der Waals surface area contributed by atoms with Crippen molar-refractivity contribution < 1.29 is 18.7 Å². The maximum Gasteiger partial charge on any atom is 0.335 e. The third-order valence-corrected chi connectivity index (χ3v) is 2.61. The number of carboxylic acid groups (broad SMARTS) is 1. The Morgan fingerprint density at radius 2 is 2.19 bits per heavy atom. The molecule has 1 aliphatic heterocycles. The van der Waals surface area contributed by atoms with Gasteiger partial charge in [-0.15, -0.1) is 0 Å². The number of hydrogen-bond acceptors (Lipinski definition) is 2. The van der Waals surface area contributed by atoms with E-state index in [9.17, 15) is 13.6 Å². The summed E-state index contributed by atoms with van der Waals surface area (Å²) < 4.78 is 26.0. The first-order valence-corrected chi connectivity index (χ1v) is 4.94. The van der Waals surface area contributed by atoms with Crippen molar-refractivity contribution in [3.63, 3.8) is 0 Å². The Morgan fingerprint density at radius 3 is 2.69 bits per heavy atom. The Morgan fingerprint density at radius 1 is 1.50 bits per heavy atom. The van der Waals surface area contributed by atoms with Crippen LogP contribution < -0.4 is 0 Å². The molecule has 0 atom stereocenters. The Balaban J connectivity index is 2.07. The van der Waals surface area contributed by atoms with Crippen molar-refractivity contribution in [1.29, 1.82) is 0 Å². The van der Waals surface area contributed by atoms with Crippen LogP contribution in [0.1, 0.15) is 15.9 Å². The molecule has 0 radical (unpaired) electrons. The standard InChI is InChI=1S/C11H11F2NO2/c12-9-5-14(6-9)4-8-2-1-7(11(15)16)3-10(8)13/h1-3,9H,4-6H2,(H,15,16). The fourth-order valence-corrected chi connectivity index (χ4v) is 1.69. The van der Waals surface area contributed by atoms with Gasteiger partial charge in [0.25, 0.3) is 0 Å². The Bertz CT molecular complexity index is 416. The molecule has 0 amide bonds. The largest absolute Gasteiger partial charge is 0.478 e. The van der Waals surface area contributed by atoms with E-state index in [1.54, 1.807) is 4.90 Å². The summed E-state index contributed by atoms with van der Waals surface area (Å²) in [5.41, 5.74) is 0.324. The minimum Gasteiger partial charge on any atom is -0.478 e. The van der Waals surface area contributed by atoms with Crippen LogP contribution in [0, 0.1) is 5.82 Å². The van der Waals surface area contributed by atoms with Crippen molar-refractivity contribution in [3.8, 4) is 0 Å². The molecular weight excluding hydrogens is 216 g/mol. The summed E-state index contributed by atoms with van der Waals surface area (Å²) in [5.74, 6) is -1.71. The van der Waals surface area contributed by atoms with Crippen LogP contribution in [-0.4, -0.2) is 35.2 Å². The molecule has 0 bridgehead atoms. The number of carbonyl (C=O) groups is 1. The van der Waals surface area contributed by atoms with E-state index in [0.29, 0.717) is 25.2 Å². The van der Waals surface area contributed by atoms with E-state index in [0.717, 1.165) is 6.07 Å². The van der Waals surface area contributed by atoms with Crippen LogP contribution in [0.2, 0.25) is 0 Å². The molecule has 16 heavy (non-hydrogen) atoms. The molecule has 1 aromatic rings. The van der Waals surface area contributed by atoms with Crippen LogP contribution >= 0.6 is 0 Å². The summed E-state index contributed by atoms with van der Waals surface area (Å²) in [5, 5.41) is 8.65. The van der Waals surface area contributed by atoms with Gasteiger partial charge in [-0.1, -0.05) is 6.07 Å². The van der Waals surface area contributed by atoms with E-state index in [-0.39, 0.29) is 5.56 Å². The minimum atomic E-state index is -1.15. The van der Waals surface area contributed by atoms with Gasteiger partial charge in [0.15, 0.2) is 0 Å². The highest BCUT2D eigenvalue weighted by atomic mass is 19.1. The smallest absolute Gasteiger partial charge is 0.335 e. The fourth-order valence-electron chi connectivity index (χ4n) is 1.69. The maximum absolute atomic E-state index is 13.4. The molecule has 1 aliphatic rings. The van der Waals surface area contributed by atoms with Gasteiger partial charge in [0.05, 0.1) is 5.56 Å². The zero-order valence-electron chi connectivity index (χ0n) is 8.49. The number of alkyl halides is 1. The summed E-state index contributed by atoms with van der Waals surface area (Å²) in [6, 6.07) is 3.78. The summed E-state index contributed by atoms with van der Waals surface area (Å²) >= 11 is 0. The predicted molar refractivity (Wildman–Crippen MR) is 53.5 cm³/mol. The normalized spacial score (nSPS) is 17.1. The predicted octanol–water partition coefficient (Wildman–Crippen LogP) is 1.68. The lowest BCUT2D eigenvalue weighted by molar-refractivity contribution is 0.0581. The van der Waals surface area contributed by atoms with E-state index >= 15 is 0 Å². The van der Waals surface area contributed by atoms with Crippen LogP contribution in [0.3, 0.4) is 0 Å². The number of hydrogen-bond donors (Lipinski definition) is 1. The van der Waals surface area contributed by atoms with E-state index < -0.39 is 18.0 Å². The number of likely N-dealkylation sites (tertiary alicyclic amines) is 1. The molecule has 0 spiro atoms. The number of carboxylic acids is 1. The first-order chi connectivity index (χ1) is 7.56. The highest BCUT2D eigenvalue weighted by molar-refractivity contribution is 5.87. The fraction of sp³-hybridized carbons (Fsp3) is 0.364. The van der Waals surface area contributed by atoms with E-state index in [1.165, 1.54) is 12.1 Å². The second-order valence-electron chi connectivity index (χ2n) is 3.90. The lowest BCUT2D eigenvalue weighted by Gasteiger charge is -2.34. The summed E-state index contributed by atoms with van der Waals surface area (Å²) in [6.07, 6.45) is -0.818. The maximum atomic E-state index is 13.4. The van der Waals surface area contributed by atoms with Crippen molar-refractivity contribution in [2.24, 2.45) is 0 Å². The monoisotopic (exact) mass is 227 g/mol. The molecule has 1 heterocycles. The molecule has 1 saturated heterocycles. The summed E-state index contributed by atoms with van der Waals surface area (Å²) in [7, 11) is 0. The van der Waals surface area contributed by atoms with Gasteiger partial charge in [-0.2, -0.15) is 0 Å². The first kappa shape index (κ1) is 11.0. The Kier molecular flexibility index (Phi) is 2.87. The highest BCUT2D eigenvalue weighted by Crippen LogP contribution is 2.18. The van der Waals surface area contributed by atoms with Crippen LogP contribution in [-0.2, 0) is 6.54 Å². The van der Waals surface area contributed by atoms with Crippen LogP contribution in [0.25, 0.3) is 0 Å². The molecule has 0 aliphatic carbocycles. The molecule has 0 unspecified atom stereocenters. The van der Waals surface area contributed by atoms with Gasteiger partial charge in [-0.3, -0.25) is 4.90 Å². The molecule has 5 heteroatoms. The van der Waals surface area contributed by atoms with Crippen molar-refractivity contribution in [2.45, 2.75) is 12.7 Å². The molecule has 3 nitrogen and oxygen atoms in total. The number of halogens is 2. The summed E-state index contributed by atoms with van der Waals surface area (Å²) in [6.45, 7) is 0.965. The molecular formula is C11H11F2NO2. The van der Waals surface area contributed by atoms with Gasteiger partial charge in [0, 0.05) is 25.2 Å².